The van der Waals surface area contributed by atoms with E-state index in [1.807, 2.05) is 43.3 Å². The summed E-state index contributed by atoms with van der Waals surface area (Å²) < 4.78 is 11.2. The number of hydrogen-bond donors (Lipinski definition) is 0. The Morgan fingerprint density at radius 1 is 0.600 bits per heavy atom. The molecule has 166 valence electrons. The minimum atomic E-state index is 0.604. The van der Waals surface area contributed by atoms with E-state index in [9.17, 15) is 0 Å². The first-order chi connectivity index (χ1) is 14.8. The van der Waals surface area contributed by atoms with Crippen LogP contribution in [0.1, 0.15) is 90.9 Å². The predicted molar refractivity (Wildman–Crippen MR) is 125 cm³/mol. The Labute approximate surface area is 183 Å². The Morgan fingerprint density at radius 3 is 1.73 bits per heavy atom. The quantitative estimate of drug-likeness (QED) is 0.251. The van der Waals surface area contributed by atoms with Crippen molar-refractivity contribution >= 4 is 0 Å². The summed E-state index contributed by atoms with van der Waals surface area (Å²) in [5.74, 6) is 1.48. The number of hydrogen-bond acceptors (Lipinski definition) is 4. The largest absolute Gasteiger partial charge is 0.494 e. The van der Waals surface area contributed by atoms with Crippen LogP contribution < -0.4 is 9.47 Å². The molecule has 0 saturated heterocycles. The lowest BCUT2D eigenvalue weighted by atomic mass is 10.1. The molecule has 0 spiro atoms. The van der Waals surface area contributed by atoms with E-state index in [1.54, 1.807) is 0 Å². The number of ether oxygens (including phenoxy) is 2. The number of benzene rings is 1. The van der Waals surface area contributed by atoms with Crippen molar-refractivity contribution in [2.24, 2.45) is 0 Å². The van der Waals surface area contributed by atoms with Gasteiger partial charge in [0.1, 0.15) is 5.75 Å². The predicted octanol–water partition coefficient (Wildman–Crippen LogP) is 7.62. The fourth-order valence-corrected chi connectivity index (χ4v) is 3.56. The molecule has 0 N–H and O–H groups in total. The van der Waals surface area contributed by atoms with E-state index in [2.05, 4.69) is 17.1 Å². The molecule has 0 radical (unpaired) electrons. The molecule has 4 nitrogen and oxygen atoms in total. The van der Waals surface area contributed by atoms with Crippen LogP contribution in [0.3, 0.4) is 0 Å². The molecule has 0 unspecified atom stereocenters. The Kier molecular flexibility index (Phi) is 12.7. The smallest absolute Gasteiger partial charge is 0.233 e. The maximum atomic E-state index is 5.75. The average Bonchev–Trinajstić information content (AvgIpc) is 2.78. The van der Waals surface area contributed by atoms with Crippen molar-refractivity contribution < 1.29 is 9.47 Å². The van der Waals surface area contributed by atoms with Gasteiger partial charge >= 0.3 is 0 Å². The van der Waals surface area contributed by atoms with Gasteiger partial charge < -0.3 is 9.47 Å². The lowest BCUT2D eigenvalue weighted by Gasteiger charge is -2.07. The molecule has 2 aromatic rings. The van der Waals surface area contributed by atoms with E-state index in [-0.39, 0.29) is 0 Å². The van der Waals surface area contributed by atoms with Crippen LogP contribution >= 0.6 is 0 Å². The third-order valence-corrected chi connectivity index (χ3v) is 5.35. The first-order valence-electron chi connectivity index (χ1n) is 12.0. The van der Waals surface area contributed by atoms with Gasteiger partial charge in [0.25, 0.3) is 0 Å². The van der Waals surface area contributed by atoms with Crippen LogP contribution in [0.4, 0.5) is 0 Å². The molecule has 0 aliphatic heterocycles. The summed E-state index contributed by atoms with van der Waals surface area (Å²) in [6.45, 7) is 5.65. The van der Waals surface area contributed by atoms with Gasteiger partial charge in [0.15, 0.2) is 0 Å². The van der Waals surface area contributed by atoms with Crippen LogP contribution in [0.2, 0.25) is 0 Å². The standard InChI is InChI=1S/C26H40N2O2/c1-3-5-6-7-8-9-10-11-12-13-14-15-22-30-26-21-20-25(27-28-26)23-16-18-24(19-17-23)29-4-2/h16-21H,3-15,22H2,1-2H3. The molecular formula is C26H40N2O2. The van der Waals surface area contributed by atoms with Gasteiger partial charge in [0.2, 0.25) is 5.88 Å². The molecule has 1 aromatic carbocycles. The molecule has 0 atom stereocenters. The van der Waals surface area contributed by atoms with E-state index in [0.29, 0.717) is 19.1 Å². The summed E-state index contributed by atoms with van der Waals surface area (Å²) in [6, 6.07) is 11.8. The lowest BCUT2D eigenvalue weighted by Crippen LogP contribution is -2.00. The monoisotopic (exact) mass is 412 g/mol. The van der Waals surface area contributed by atoms with Crippen LogP contribution in [0.15, 0.2) is 36.4 Å². The molecule has 0 aliphatic carbocycles. The van der Waals surface area contributed by atoms with Gasteiger partial charge in [-0.2, -0.15) is 0 Å². The molecule has 4 heteroatoms. The van der Waals surface area contributed by atoms with Crippen LogP contribution in [-0.4, -0.2) is 23.4 Å². The highest BCUT2D eigenvalue weighted by Gasteiger charge is 2.03. The second-order valence-electron chi connectivity index (χ2n) is 7.95. The maximum Gasteiger partial charge on any atom is 0.233 e. The van der Waals surface area contributed by atoms with E-state index in [0.717, 1.165) is 23.4 Å². The molecular weight excluding hydrogens is 372 g/mol. The van der Waals surface area contributed by atoms with Crippen LogP contribution in [0.25, 0.3) is 11.3 Å². The molecule has 30 heavy (non-hydrogen) atoms. The minimum absolute atomic E-state index is 0.604. The Balaban J connectivity index is 1.51. The fourth-order valence-electron chi connectivity index (χ4n) is 3.56. The summed E-state index contributed by atoms with van der Waals surface area (Å²) in [5.41, 5.74) is 1.87. The van der Waals surface area contributed by atoms with Gasteiger partial charge in [-0.25, -0.2) is 0 Å². The number of rotatable bonds is 17. The van der Waals surface area contributed by atoms with E-state index < -0.39 is 0 Å². The first-order valence-corrected chi connectivity index (χ1v) is 12.0. The molecule has 1 aromatic heterocycles. The van der Waals surface area contributed by atoms with Crippen molar-refractivity contribution in [2.75, 3.05) is 13.2 Å². The number of unbranched alkanes of at least 4 members (excludes halogenated alkanes) is 11. The second kappa shape index (κ2) is 15.7. The Hall–Kier alpha value is -2.10. The Morgan fingerprint density at radius 2 is 1.20 bits per heavy atom. The van der Waals surface area contributed by atoms with Gasteiger partial charge in [0, 0.05) is 11.6 Å². The maximum absolute atomic E-state index is 5.75. The first kappa shape index (κ1) is 24.2. The molecule has 0 fully saturated rings. The fraction of sp³-hybridized carbons (Fsp3) is 0.615. The third-order valence-electron chi connectivity index (χ3n) is 5.35. The Bertz CT molecular complexity index is 656. The molecule has 0 amide bonds. The van der Waals surface area contributed by atoms with Crippen LogP contribution in [0.5, 0.6) is 11.6 Å². The van der Waals surface area contributed by atoms with Crippen molar-refractivity contribution in [2.45, 2.75) is 90.9 Å². The van der Waals surface area contributed by atoms with E-state index in [1.165, 1.54) is 70.6 Å². The zero-order valence-electron chi connectivity index (χ0n) is 19.1. The summed E-state index contributed by atoms with van der Waals surface area (Å²) in [4.78, 5) is 0. The molecule has 1 heterocycles. The van der Waals surface area contributed by atoms with Crippen LogP contribution in [0, 0.1) is 0 Å². The third kappa shape index (κ3) is 10.1. The van der Waals surface area contributed by atoms with Crippen molar-refractivity contribution in [1.82, 2.24) is 10.2 Å². The normalized spacial score (nSPS) is 10.9. The summed E-state index contributed by atoms with van der Waals surface area (Å²) >= 11 is 0. The summed E-state index contributed by atoms with van der Waals surface area (Å²) in [6.07, 6.45) is 16.2. The summed E-state index contributed by atoms with van der Waals surface area (Å²) in [7, 11) is 0. The second-order valence-corrected chi connectivity index (χ2v) is 7.95. The van der Waals surface area contributed by atoms with E-state index in [4.69, 9.17) is 9.47 Å². The van der Waals surface area contributed by atoms with Crippen molar-refractivity contribution in [1.29, 1.82) is 0 Å². The highest BCUT2D eigenvalue weighted by atomic mass is 16.5. The van der Waals surface area contributed by atoms with Gasteiger partial charge in [0.05, 0.1) is 18.9 Å². The molecule has 0 saturated carbocycles. The van der Waals surface area contributed by atoms with E-state index >= 15 is 0 Å². The number of aromatic nitrogens is 2. The SMILES string of the molecule is CCCCCCCCCCCCCCOc1ccc(-c2ccc(OCC)cc2)nn1. The van der Waals surface area contributed by atoms with Gasteiger partial charge in [-0.3, -0.25) is 0 Å². The topological polar surface area (TPSA) is 44.2 Å². The van der Waals surface area contributed by atoms with Crippen molar-refractivity contribution in [3.8, 4) is 22.9 Å². The molecule has 0 bridgehead atoms. The lowest BCUT2D eigenvalue weighted by molar-refractivity contribution is 0.290. The minimum Gasteiger partial charge on any atom is -0.494 e. The highest BCUT2D eigenvalue weighted by molar-refractivity contribution is 5.59. The number of nitrogens with zero attached hydrogens (tertiary/aromatic N) is 2. The molecule has 0 aliphatic rings. The summed E-state index contributed by atoms with van der Waals surface area (Å²) in [5, 5.41) is 8.49. The van der Waals surface area contributed by atoms with Crippen molar-refractivity contribution in [3.05, 3.63) is 36.4 Å². The molecule has 2 rings (SSSR count). The van der Waals surface area contributed by atoms with Gasteiger partial charge in [-0.1, -0.05) is 77.6 Å². The zero-order chi connectivity index (χ0) is 21.3. The van der Waals surface area contributed by atoms with Gasteiger partial charge in [-0.15, -0.1) is 10.2 Å². The highest BCUT2D eigenvalue weighted by Crippen LogP contribution is 2.21. The zero-order valence-corrected chi connectivity index (χ0v) is 19.1. The van der Waals surface area contributed by atoms with Crippen LogP contribution in [-0.2, 0) is 0 Å². The average molecular weight is 413 g/mol. The van der Waals surface area contributed by atoms with Crippen molar-refractivity contribution in [3.63, 3.8) is 0 Å². The van der Waals surface area contributed by atoms with Gasteiger partial charge in [-0.05, 0) is 43.7 Å².